The van der Waals surface area contributed by atoms with E-state index < -0.39 is 0 Å². The van der Waals surface area contributed by atoms with Crippen LogP contribution in [-0.4, -0.2) is 67.5 Å². The van der Waals surface area contributed by atoms with E-state index in [2.05, 4.69) is 21.8 Å². The van der Waals surface area contributed by atoms with Crippen molar-refractivity contribution >= 4 is 34.0 Å². The van der Waals surface area contributed by atoms with Gasteiger partial charge >= 0.3 is 0 Å². The Hall–Kier alpha value is -3.65. The van der Waals surface area contributed by atoms with Gasteiger partial charge in [0.05, 0.1) is 17.4 Å². The molecule has 1 amide bonds. The Morgan fingerprint density at radius 3 is 2.71 bits per heavy atom. The highest BCUT2D eigenvalue weighted by Crippen LogP contribution is 2.33. The minimum Gasteiger partial charge on any atom is -0.357 e. The van der Waals surface area contributed by atoms with Gasteiger partial charge in [-0.2, -0.15) is 0 Å². The molecule has 3 aromatic heterocycles. The van der Waals surface area contributed by atoms with E-state index in [4.69, 9.17) is 0 Å². The molecule has 0 bridgehead atoms. The Kier molecular flexibility index (Phi) is 5.83. The molecule has 0 saturated carbocycles. The number of aromatic amines is 1. The fraction of sp³-hybridized carbons (Fsp3) is 0.346. The number of imidazole rings is 1. The smallest absolute Gasteiger partial charge is 0.278 e. The van der Waals surface area contributed by atoms with Crippen molar-refractivity contribution in [1.82, 2.24) is 28.9 Å². The molecule has 8 heteroatoms. The minimum atomic E-state index is -0.105. The van der Waals surface area contributed by atoms with Crippen molar-refractivity contribution in [3.05, 3.63) is 58.9 Å². The Bertz CT molecular complexity index is 1460. The number of aromatic nitrogens is 4. The quantitative estimate of drug-likeness (QED) is 0.492. The second-order valence-electron chi connectivity index (χ2n) is 8.79. The van der Waals surface area contributed by atoms with E-state index in [0.717, 1.165) is 66.7 Å². The van der Waals surface area contributed by atoms with Gasteiger partial charge < -0.3 is 19.4 Å². The van der Waals surface area contributed by atoms with Gasteiger partial charge in [-0.15, -0.1) is 0 Å². The second-order valence-corrected chi connectivity index (χ2v) is 8.79. The molecule has 1 aliphatic heterocycles. The summed E-state index contributed by atoms with van der Waals surface area (Å²) >= 11 is 0. The highest BCUT2D eigenvalue weighted by atomic mass is 16.2. The average Bonchev–Trinajstić information content (AvgIpc) is 3.50. The van der Waals surface area contributed by atoms with Crippen molar-refractivity contribution in [2.24, 2.45) is 7.05 Å². The number of aryl methyl sites for hydroxylation is 1. The van der Waals surface area contributed by atoms with Gasteiger partial charge in [-0.25, -0.2) is 4.98 Å². The van der Waals surface area contributed by atoms with E-state index in [-0.39, 0.29) is 12.9 Å². The van der Waals surface area contributed by atoms with Gasteiger partial charge in [0.25, 0.3) is 11.5 Å². The van der Waals surface area contributed by atoms with Crippen LogP contribution in [0.4, 0.5) is 0 Å². The lowest BCUT2D eigenvalue weighted by atomic mass is 9.99. The highest BCUT2D eigenvalue weighted by molar-refractivity contribution is 6.06. The number of benzene rings is 1. The Balaban J connectivity index is 0.00000289. The standard InChI is InChI=1S/C26H30N6O2.H2/c1-4-6-9-32-16-21(19-7-8-27-24(19)26(32)34)20-14-18(15-22-23(20)28-17-29(22)3)25(33)31-12-10-30(5-2)11-13-31;/h6-9,14-17,27H,4-5,10-13H2,1-3H3;1H/b9-6+;. The number of hydrogen-bond acceptors (Lipinski definition) is 4. The van der Waals surface area contributed by atoms with Crippen molar-refractivity contribution in [2.45, 2.75) is 20.3 Å². The number of carbonyl (C=O) groups is 1. The molecule has 0 radical (unpaired) electrons. The Morgan fingerprint density at radius 2 is 1.97 bits per heavy atom. The summed E-state index contributed by atoms with van der Waals surface area (Å²) in [4.78, 5) is 38.5. The number of amides is 1. The molecule has 1 aliphatic rings. The minimum absolute atomic E-state index is 0. The molecular formula is C26H32N6O2. The Labute approximate surface area is 199 Å². The van der Waals surface area contributed by atoms with Crippen molar-refractivity contribution in [3.8, 4) is 11.1 Å². The molecule has 0 spiro atoms. The number of nitrogens with one attached hydrogen (secondary N) is 1. The summed E-state index contributed by atoms with van der Waals surface area (Å²) in [5.74, 6) is 0.0321. The maximum Gasteiger partial charge on any atom is 0.278 e. The number of nitrogens with zero attached hydrogens (tertiary/aromatic N) is 5. The number of piperazine rings is 1. The maximum atomic E-state index is 13.5. The van der Waals surface area contributed by atoms with E-state index in [1.807, 2.05) is 53.9 Å². The predicted molar refractivity (Wildman–Crippen MR) is 138 cm³/mol. The molecule has 4 heterocycles. The SMILES string of the molecule is CC/C=C/n1cc(-c2cc(C(=O)N3CCN(CC)CC3)cc3c2ncn3C)c2cc[nH]c2c1=O.[HH]. The molecule has 1 aromatic carbocycles. The molecule has 8 nitrogen and oxygen atoms in total. The van der Waals surface area contributed by atoms with Crippen molar-refractivity contribution in [3.63, 3.8) is 0 Å². The lowest BCUT2D eigenvalue weighted by Crippen LogP contribution is -2.48. The summed E-state index contributed by atoms with van der Waals surface area (Å²) in [6, 6.07) is 5.78. The molecule has 0 atom stereocenters. The number of carbonyl (C=O) groups excluding carboxylic acids is 1. The summed E-state index contributed by atoms with van der Waals surface area (Å²) < 4.78 is 3.54. The number of likely N-dealkylation sites (N-methyl/N-ethyl adjacent to an activating group) is 1. The predicted octanol–water partition coefficient (Wildman–Crippen LogP) is 3.79. The lowest BCUT2D eigenvalue weighted by molar-refractivity contribution is 0.0643. The first-order chi connectivity index (χ1) is 16.5. The first kappa shape index (κ1) is 22.2. The molecule has 1 saturated heterocycles. The fourth-order valence-electron chi connectivity index (χ4n) is 4.72. The van der Waals surface area contributed by atoms with Crippen LogP contribution in [0.25, 0.3) is 39.3 Å². The molecule has 1 N–H and O–H groups in total. The van der Waals surface area contributed by atoms with Crippen LogP contribution < -0.4 is 5.56 Å². The number of allylic oxidation sites excluding steroid dienone is 1. The van der Waals surface area contributed by atoms with Crippen LogP contribution in [0, 0.1) is 0 Å². The van der Waals surface area contributed by atoms with Crippen molar-refractivity contribution in [1.29, 1.82) is 0 Å². The molecule has 5 rings (SSSR count). The van der Waals surface area contributed by atoms with E-state index in [9.17, 15) is 9.59 Å². The van der Waals surface area contributed by atoms with Gasteiger partial charge in [0.15, 0.2) is 0 Å². The third-order valence-electron chi connectivity index (χ3n) is 6.73. The molecule has 34 heavy (non-hydrogen) atoms. The maximum absolute atomic E-state index is 13.5. The summed E-state index contributed by atoms with van der Waals surface area (Å²) in [6.07, 6.45) is 9.97. The van der Waals surface area contributed by atoms with Gasteiger partial charge in [0.2, 0.25) is 0 Å². The first-order valence-corrected chi connectivity index (χ1v) is 11.9. The molecule has 0 unspecified atom stereocenters. The summed E-state index contributed by atoms with van der Waals surface area (Å²) in [7, 11) is 1.93. The third-order valence-corrected chi connectivity index (χ3v) is 6.73. The van der Waals surface area contributed by atoms with E-state index >= 15 is 0 Å². The van der Waals surface area contributed by atoms with E-state index in [1.54, 1.807) is 23.3 Å². The molecule has 1 fully saturated rings. The zero-order chi connectivity index (χ0) is 23.8. The van der Waals surface area contributed by atoms with Gasteiger partial charge in [0.1, 0.15) is 5.52 Å². The summed E-state index contributed by atoms with van der Waals surface area (Å²) in [5.41, 5.74) is 4.48. The topological polar surface area (TPSA) is 79.2 Å². The molecule has 0 aliphatic carbocycles. The van der Waals surface area contributed by atoms with E-state index in [1.165, 1.54) is 0 Å². The van der Waals surface area contributed by atoms with Gasteiger partial charge in [-0.1, -0.05) is 19.9 Å². The van der Waals surface area contributed by atoms with E-state index in [0.29, 0.717) is 11.1 Å². The average molecular weight is 461 g/mol. The van der Waals surface area contributed by atoms with Crippen LogP contribution >= 0.6 is 0 Å². The molecule has 178 valence electrons. The van der Waals surface area contributed by atoms with Crippen molar-refractivity contribution in [2.75, 3.05) is 32.7 Å². The van der Waals surface area contributed by atoms with Crippen LogP contribution in [0.5, 0.6) is 0 Å². The number of rotatable bonds is 5. The zero-order valence-electron chi connectivity index (χ0n) is 19.9. The number of H-pyrrole nitrogens is 1. The van der Waals surface area contributed by atoms with Gasteiger partial charge in [-0.3, -0.25) is 14.2 Å². The van der Waals surface area contributed by atoms with Crippen LogP contribution in [0.3, 0.4) is 0 Å². The lowest BCUT2D eigenvalue weighted by Gasteiger charge is -2.34. The summed E-state index contributed by atoms with van der Waals surface area (Å²) in [6.45, 7) is 8.41. The number of pyridine rings is 1. The fourth-order valence-corrected chi connectivity index (χ4v) is 4.72. The number of fused-ring (bicyclic) bond motifs is 2. The second kappa shape index (κ2) is 8.95. The van der Waals surface area contributed by atoms with Gasteiger partial charge in [-0.05, 0) is 31.2 Å². The molecular weight excluding hydrogens is 428 g/mol. The van der Waals surface area contributed by atoms with Crippen LogP contribution in [0.15, 0.2) is 47.8 Å². The third kappa shape index (κ3) is 3.74. The summed E-state index contributed by atoms with van der Waals surface area (Å²) in [5, 5.41) is 0.819. The van der Waals surface area contributed by atoms with Crippen molar-refractivity contribution < 1.29 is 6.22 Å². The van der Waals surface area contributed by atoms with Gasteiger partial charge in [0, 0.05) is 75.3 Å². The largest absolute Gasteiger partial charge is 0.357 e. The normalized spacial score (nSPS) is 15.2. The number of hydrogen-bond donors (Lipinski definition) is 1. The first-order valence-electron chi connectivity index (χ1n) is 11.9. The zero-order valence-corrected chi connectivity index (χ0v) is 19.9. The highest BCUT2D eigenvalue weighted by Gasteiger charge is 2.24. The van der Waals surface area contributed by atoms with Crippen LogP contribution in [-0.2, 0) is 7.05 Å². The monoisotopic (exact) mass is 460 g/mol. The molecule has 4 aromatic rings. The van der Waals surface area contributed by atoms with Crippen LogP contribution in [0.2, 0.25) is 0 Å². The van der Waals surface area contributed by atoms with Crippen LogP contribution in [0.1, 0.15) is 32.1 Å². The Morgan fingerprint density at radius 1 is 1.18 bits per heavy atom.